The summed E-state index contributed by atoms with van der Waals surface area (Å²) < 4.78 is 27.7. The lowest BCUT2D eigenvalue weighted by Gasteiger charge is -2.23. The van der Waals surface area contributed by atoms with Crippen molar-refractivity contribution in [2.75, 3.05) is 19.0 Å². The Morgan fingerprint density at radius 3 is 2.24 bits per heavy atom. The molecule has 1 saturated heterocycles. The number of ether oxygens (including phenoxy) is 5. The van der Waals surface area contributed by atoms with E-state index in [1.165, 1.54) is 32.6 Å². The third-order valence-electron chi connectivity index (χ3n) is 4.61. The van der Waals surface area contributed by atoms with Gasteiger partial charge >= 0.3 is 23.9 Å². The Morgan fingerprint density at radius 2 is 1.65 bits per heavy atom. The SMILES string of the molecule is COC(=O)c1nc(Nc2ccccc2)n([C@@H]2O[C@H](COC(C)=O)[C@@H](OC(C)=O)[C@H]2OC(C)=O)n1. The highest BCUT2D eigenvalue weighted by Crippen LogP contribution is 2.36. The summed E-state index contributed by atoms with van der Waals surface area (Å²) in [5.74, 6) is -2.99. The largest absolute Gasteiger partial charge is 0.463 e. The van der Waals surface area contributed by atoms with Crippen molar-refractivity contribution in [3.63, 3.8) is 0 Å². The van der Waals surface area contributed by atoms with E-state index in [1.807, 2.05) is 6.07 Å². The van der Waals surface area contributed by atoms with Gasteiger partial charge in [-0.2, -0.15) is 9.67 Å². The summed E-state index contributed by atoms with van der Waals surface area (Å²) in [5.41, 5.74) is 0.614. The summed E-state index contributed by atoms with van der Waals surface area (Å²) in [6.45, 7) is 3.26. The van der Waals surface area contributed by atoms with Gasteiger partial charge in [0.05, 0.1) is 7.11 Å². The zero-order valence-corrected chi connectivity index (χ0v) is 18.9. The first kappa shape index (κ1) is 24.6. The van der Waals surface area contributed by atoms with E-state index in [0.29, 0.717) is 5.69 Å². The van der Waals surface area contributed by atoms with Crippen LogP contribution in [0.5, 0.6) is 0 Å². The van der Waals surface area contributed by atoms with E-state index < -0.39 is 48.4 Å². The fourth-order valence-corrected chi connectivity index (χ4v) is 3.30. The van der Waals surface area contributed by atoms with Gasteiger partial charge in [0.2, 0.25) is 5.95 Å². The lowest BCUT2D eigenvalue weighted by molar-refractivity contribution is -0.166. The number of carbonyl (C=O) groups excluding carboxylic acids is 4. The van der Waals surface area contributed by atoms with Gasteiger partial charge in [-0.05, 0) is 12.1 Å². The minimum absolute atomic E-state index is 0.0588. The highest BCUT2D eigenvalue weighted by atomic mass is 16.7. The van der Waals surface area contributed by atoms with Gasteiger partial charge in [-0.3, -0.25) is 14.4 Å². The van der Waals surface area contributed by atoms with Crippen LogP contribution in [0, 0.1) is 0 Å². The van der Waals surface area contributed by atoms with Crippen LogP contribution in [0.25, 0.3) is 0 Å². The van der Waals surface area contributed by atoms with Gasteiger partial charge in [-0.1, -0.05) is 18.2 Å². The van der Waals surface area contributed by atoms with Gasteiger partial charge in [0.25, 0.3) is 5.82 Å². The van der Waals surface area contributed by atoms with Crippen LogP contribution >= 0.6 is 0 Å². The number of aromatic nitrogens is 3. The summed E-state index contributed by atoms with van der Waals surface area (Å²) >= 11 is 0. The minimum Gasteiger partial charge on any atom is -0.463 e. The van der Waals surface area contributed by atoms with Crippen LogP contribution < -0.4 is 5.32 Å². The van der Waals surface area contributed by atoms with Crippen molar-refractivity contribution in [3.8, 4) is 0 Å². The monoisotopic (exact) mass is 476 g/mol. The van der Waals surface area contributed by atoms with Crippen molar-refractivity contribution >= 4 is 35.5 Å². The summed E-state index contributed by atoms with van der Waals surface area (Å²) in [6.07, 6.45) is -4.55. The number of methoxy groups -OCH3 is 1. The van der Waals surface area contributed by atoms with Gasteiger partial charge in [-0.25, -0.2) is 4.79 Å². The normalized spacial score (nSPS) is 21.4. The van der Waals surface area contributed by atoms with Gasteiger partial charge in [-0.15, -0.1) is 5.10 Å². The lowest BCUT2D eigenvalue weighted by atomic mass is 10.1. The number of carbonyl (C=O) groups is 4. The number of nitrogens with zero attached hydrogens (tertiary/aromatic N) is 3. The predicted molar refractivity (Wildman–Crippen MR) is 113 cm³/mol. The van der Waals surface area contributed by atoms with Crippen LogP contribution in [0.3, 0.4) is 0 Å². The third-order valence-corrected chi connectivity index (χ3v) is 4.61. The predicted octanol–water partition coefficient (Wildman–Crippen LogP) is 1.13. The molecule has 4 atom stereocenters. The molecule has 1 fully saturated rings. The van der Waals surface area contributed by atoms with E-state index in [1.54, 1.807) is 24.3 Å². The molecule has 3 rings (SSSR count). The van der Waals surface area contributed by atoms with Crippen molar-refractivity contribution in [2.45, 2.75) is 45.3 Å². The van der Waals surface area contributed by atoms with Crippen LogP contribution in [0.2, 0.25) is 0 Å². The molecule has 13 nitrogen and oxygen atoms in total. The van der Waals surface area contributed by atoms with Gasteiger partial charge in [0.15, 0.2) is 18.4 Å². The zero-order chi connectivity index (χ0) is 24.8. The topological polar surface area (TPSA) is 157 Å². The molecule has 0 amide bonds. The molecule has 182 valence electrons. The Labute approximate surface area is 194 Å². The first-order valence-corrected chi connectivity index (χ1v) is 10.2. The summed E-state index contributed by atoms with van der Waals surface area (Å²) in [4.78, 5) is 51.3. The molecule has 13 heteroatoms. The molecule has 34 heavy (non-hydrogen) atoms. The maximum atomic E-state index is 12.1. The molecule has 1 aliphatic rings. The highest BCUT2D eigenvalue weighted by Gasteiger charge is 2.52. The Morgan fingerprint density at radius 1 is 1.00 bits per heavy atom. The second-order valence-electron chi connectivity index (χ2n) is 7.20. The number of hydrogen-bond donors (Lipinski definition) is 1. The number of hydrogen-bond acceptors (Lipinski definition) is 12. The first-order valence-electron chi connectivity index (χ1n) is 10.2. The third kappa shape index (κ3) is 5.86. The summed E-state index contributed by atoms with van der Waals surface area (Å²) in [6, 6.07) is 8.88. The molecule has 1 aliphatic heterocycles. The molecular formula is C21H24N4O9. The van der Waals surface area contributed by atoms with Gasteiger partial charge in [0.1, 0.15) is 12.7 Å². The Bertz CT molecular complexity index is 1060. The van der Waals surface area contributed by atoms with Crippen molar-refractivity contribution in [1.29, 1.82) is 0 Å². The van der Waals surface area contributed by atoms with Gasteiger partial charge in [0, 0.05) is 26.5 Å². The van der Waals surface area contributed by atoms with E-state index in [4.69, 9.17) is 23.7 Å². The standard InChI is InChI=1S/C21H24N4O9/c1-11(26)31-10-15-16(32-12(2)27)17(33-13(3)28)19(34-15)25-21(22-14-8-6-5-7-9-14)23-18(24-25)20(29)30-4/h5-9,15-17,19H,10H2,1-4H3,(H,22,23,24)/t15-,16-,17-,19-/m1/s1. The number of nitrogens with one attached hydrogen (secondary N) is 1. The molecule has 0 spiro atoms. The van der Waals surface area contributed by atoms with Crippen molar-refractivity contribution < 1.29 is 42.9 Å². The summed E-state index contributed by atoms with van der Waals surface area (Å²) in [7, 11) is 1.17. The number of esters is 4. The average molecular weight is 476 g/mol. The number of benzene rings is 1. The molecule has 2 aromatic rings. The van der Waals surface area contributed by atoms with E-state index >= 15 is 0 Å². The van der Waals surface area contributed by atoms with Gasteiger partial charge < -0.3 is 29.0 Å². The molecule has 1 aromatic carbocycles. The fraction of sp³-hybridized carbons (Fsp3) is 0.429. The van der Waals surface area contributed by atoms with Crippen LogP contribution in [-0.4, -0.2) is 70.7 Å². The second-order valence-corrected chi connectivity index (χ2v) is 7.20. The number of anilines is 2. The second kappa shape index (κ2) is 10.7. The Balaban J connectivity index is 2.04. The molecular weight excluding hydrogens is 452 g/mol. The van der Waals surface area contributed by atoms with E-state index in [9.17, 15) is 19.2 Å². The lowest BCUT2D eigenvalue weighted by Crippen LogP contribution is -2.40. The summed E-state index contributed by atoms with van der Waals surface area (Å²) in [5, 5.41) is 7.18. The van der Waals surface area contributed by atoms with E-state index in [2.05, 4.69) is 15.4 Å². The molecule has 0 aliphatic carbocycles. The zero-order valence-electron chi connectivity index (χ0n) is 18.9. The number of rotatable bonds is 8. The smallest absolute Gasteiger partial charge is 0.378 e. The molecule has 1 aromatic heterocycles. The van der Waals surface area contributed by atoms with Crippen molar-refractivity contribution in [2.24, 2.45) is 0 Å². The Hall–Kier alpha value is -4.00. The molecule has 0 radical (unpaired) electrons. The van der Waals surface area contributed by atoms with Crippen LogP contribution in [-0.2, 0) is 38.1 Å². The maximum Gasteiger partial charge on any atom is 0.378 e. The molecule has 2 heterocycles. The fourth-order valence-electron chi connectivity index (χ4n) is 3.30. The van der Waals surface area contributed by atoms with E-state index in [-0.39, 0.29) is 18.4 Å². The molecule has 0 bridgehead atoms. The van der Waals surface area contributed by atoms with E-state index in [0.717, 1.165) is 0 Å². The highest BCUT2D eigenvalue weighted by molar-refractivity contribution is 5.85. The Kier molecular flexibility index (Phi) is 7.79. The molecule has 1 N–H and O–H groups in total. The maximum absolute atomic E-state index is 12.1. The van der Waals surface area contributed by atoms with Crippen LogP contribution in [0.4, 0.5) is 11.6 Å². The quantitative estimate of drug-likeness (QED) is 0.428. The van der Waals surface area contributed by atoms with Crippen molar-refractivity contribution in [3.05, 3.63) is 36.2 Å². The van der Waals surface area contributed by atoms with Crippen molar-refractivity contribution in [1.82, 2.24) is 14.8 Å². The van der Waals surface area contributed by atoms with Crippen LogP contribution in [0.1, 0.15) is 37.6 Å². The van der Waals surface area contributed by atoms with Crippen LogP contribution in [0.15, 0.2) is 30.3 Å². The molecule has 0 saturated carbocycles. The minimum atomic E-state index is -1.20. The first-order chi connectivity index (χ1) is 16.2. The average Bonchev–Trinajstić information content (AvgIpc) is 3.33. The molecule has 0 unspecified atom stereocenters. The number of para-hydroxylation sites is 1.